The van der Waals surface area contributed by atoms with Crippen molar-refractivity contribution in [3.05, 3.63) is 22.7 Å². The molecule has 1 N–H and O–H groups in total. The minimum absolute atomic E-state index is 0.236. The summed E-state index contributed by atoms with van der Waals surface area (Å²) in [5.74, 6) is 1.71. The minimum Gasteiger partial charge on any atom is -0.508 e. The van der Waals surface area contributed by atoms with Crippen LogP contribution in [0.4, 0.5) is 0 Å². The molecule has 1 aliphatic rings. The highest BCUT2D eigenvalue weighted by Gasteiger charge is 2.21. The van der Waals surface area contributed by atoms with Gasteiger partial charge in [0.1, 0.15) is 11.5 Å². The maximum atomic E-state index is 9.26. The van der Waals surface area contributed by atoms with Crippen LogP contribution in [-0.2, 0) is 0 Å². The van der Waals surface area contributed by atoms with E-state index in [1.165, 1.54) is 12.8 Å². The summed E-state index contributed by atoms with van der Waals surface area (Å²) < 4.78 is 6.35. The summed E-state index contributed by atoms with van der Waals surface area (Å²) in [5, 5.41) is 9.26. The zero-order chi connectivity index (χ0) is 9.26. The van der Waals surface area contributed by atoms with Gasteiger partial charge in [-0.2, -0.15) is 0 Å². The van der Waals surface area contributed by atoms with Gasteiger partial charge in [-0.3, -0.25) is 0 Å². The summed E-state index contributed by atoms with van der Waals surface area (Å²) in [6.45, 7) is 0.774. The van der Waals surface area contributed by atoms with Crippen molar-refractivity contribution in [1.82, 2.24) is 0 Å². The normalized spacial score (nSPS) is 15.8. The Hall–Kier alpha value is -0.700. The van der Waals surface area contributed by atoms with Gasteiger partial charge in [-0.1, -0.05) is 15.9 Å². The first kappa shape index (κ1) is 8.88. The second kappa shape index (κ2) is 3.58. The van der Waals surface area contributed by atoms with Crippen molar-refractivity contribution in [2.45, 2.75) is 12.8 Å². The number of rotatable bonds is 3. The van der Waals surface area contributed by atoms with Gasteiger partial charge in [-0.15, -0.1) is 0 Å². The summed E-state index contributed by atoms with van der Waals surface area (Å²) in [6, 6.07) is 5.14. The van der Waals surface area contributed by atoms with E-state index in [1.54, 1.807) is 12.1 Å². The molecule has 0 heterocycles. The highest BCUT2D eigenvalue weighted by Crippen LogP contribution is 2.31. The van der Waals surface area contributed by atoms with Gasteiger partial charge in [0, 0.05) is 10.5 Å². The summed E-state index contributed by atoms with van der Waals surface area (Å²) in [6.07, 6.45) is 2.56. The van der Waals surface area contributed by atoms with Gasteiger partial charge in [0.15, 0.2) is 0 Å². The van der Waals surface area contributed by atoms with Crippen LogP contribution in [0.25, 0.3) is 0 Å². The Morgan fingerprint density at radius 1 is 1.38 bits per heavy atom. The Bertz CT molecular complexity index is 288. The smallest absolute Gasteiger partial charge is 0.124 e. The molecular weight excluding hydrogens is 232 g/mol. The molecule has 1 aromatic rings. The third-order valence-corrected chi connectivity index (χ3v) is 2.50. The molecule has 1 fully saturated rings. The fourth-order valence-electron chi connectivity index (χ4n) is 1.13. The lowest BCUT2D eigenvalue weighted by Crippen LogP contribution is -1.98. The summed E-state index contributed by atoms with van der Waals surface area (Å²) in [5.41, 5.74) is 0. The van der Waals surface area contributed by atoms with Crippen LogP contribution in [0.2, 0.25) is 0 Å². The van der Waals surface area contributed by atoms with E-state index in [1.807, 2.05) is 6.07 Å². The lowest BCUT2D eigenvalue weighted by molar-refractivity contribution is 0.298. The first-order valence-corrected chi connectivity index (χ1v) is 5.16. The van der Waals surface area contributed by atoms with E-state index in [0.717, 1.165) is 22.7 Å². The number of phenolic OH excluding ortho intramolecular Hbond substituents is 1. The average molecular weight is 243 g/mol. The zero-order valence-electron chi connectivity index (χ0n) is 7.16. The summed E-state index contributed by atoms with van der Waals surface area (Å²) in [4.78, 5) is 0. The topological polar surface area (TPSA) is 29.5 Å². The van der Waals surface area contributed by atoms with Crippen molar-refractivity contribution < 1.29 is 9.84 Å². The number of ether oxygens (including phenoxy) is 1. The number of hydrogen-bond donors (Lipinski definition) is 1. The molecule has 3 heteroatoms. The molecule has 0 atom stereocenters. The largest absolute Gasteiger partial charge is 0.508 e. The third kappa shape index (κ3) is 2.62. The maximum absolute atomic E-state index is 9.26. The predicted octanol–water partition coefficient (Wildman–Crippen LogP) is 2.94. The van der Waals surface area contributed by atoms with Gasteiger partial charge in [0.2, 0.25) is 0 Å². The molecule has 1 aromatic carbocycles. The second-order valence-electron chi connectivity index (χ2n) is 3.40. The van der Waals surface area contributed by atoms with E-state index in [0.29, 0.717) is 0 Å². The van der Waals surface area contributed by atoms with Crippen LogP contribution in [0.1, 0.15) is 12.8 Å². The number of phenols is 1. The molecule has 0 bridgehead atoms. The third-order valence-electron chi connectivity index (χ3n) is 2.04. The van der Waals surface area contributed by atoms with Crippen LogP contribution in [0.5, 0.6) is 11.5 Å². The van der Waals surface area contributed by atoms with Crippen LogP contribution in [-0.4, -0.2) is 11.7 Å². The average Bonchev–Trinajstić information content (AvgIpc) is 2.81. The number of hydrogen-bond acceptors (Lipinski definition) is 2. The van der Waals surface area contributed by atoms with Crippen molar-refractivity contribution in [3.8, 4) is 11.5 Å². The van der Waals surface area contributed by atoms with Crippen molar-refractivity contribution in [2.24, 2.45) is 5.92 Å². The zero-order valence-corrected chi connectivity index (χ0v) is 8.75. The number of halogens is 1. The molecule has 13 heavy (non-hydrogen) atoms. The lowest BCUT2D eigenvalue weighted by Gasteiger charge is -2.05. The van der Waals surface area contributed by atoms with E-state index >= 15 is 0 Å². The van der Waals surface area contributed by atoms with Crippen molar-refractivity contribution >= 4 is 15.9 Å². The summed E-state index contributed by atoms with van der Waals surface area (Å²) in [7, 11) is 0. The maximum Gasteiger partial charge on any atom is 0.124 e. The lowest BCUT2D eigenvalue weighted by atomic mass is 10.3. The molecule has 1 saturated carbocycles. The van der Waals surface area contributed by atoms with Crippen LogP contribution < -0.4 is 4.74 Å². The Labute approximate surface area is 85.7 Å². The first-order chi connectivity index (χ1) is 6.24. The Morgan fingerprint density at radius 3 is 2.77 bits per heavy atom. The van der Waals surface area contributed by atoms with Crippen LogP contribution in [0.15, 0.2) is 22.7 Å². The highest BCUT2D eigenvalue weighted by molar-refractivity contribution is 9.10. The Kier molecular flexibility index (Phi) is 2.44. The van der Waals surface area contributed by atoms with Gasteiger partial charge < -0.3 is 9.84 Å². The molecule has 0 aromatic heterocycles. The van der Waals surface area contributed by atoms with Crippen LogP contribution >= 0.6 is 15.9 Å². The highest BCUT2D eigenvalue weighted by atomic mass is 79.9. The molecule has 0 aliphatic heterocycles. The van der Waals surface area contributed by atoms with Crippen molar-refractivity contribution in [2.75, 3.05) is 6.61 Å². The van der Waals surface area contributed by atoms with Crippen LogP contribution in [0.3, 0.4) is 0 Å². The van der Waals surface area contributed by atoms with Gasteiger partial charge in [-0.05, 0) is 30.9 Å². The molecule has 0 saturated heterocycles. The van der Waals surface area contributed by atoms with Gasteiger partial charge in [0.25, 0.3) is 0 Å². The molecule has 0 amide bonds. The number of benzene rings is 1. The molecule has 0 radical (unpaired) electrons. The van der Waals surface area contributed by atoms with Gasteiger partial charge in [0.05, 0.1) is 6.61 Å². The standard InChI is InChI=1S/C10H11BrO2/c11-8-3-9(12)5-10(4-8)13-6-7-1-2-7/h3-5,7,12H,1-2,6H2. The molecule has 0 unspecified atom stereocenters. The molecule has 2 rings (SSSR count). The predicted molar refractivity (Wildman–Crippen MR) is 54.0 cm³/mol. The minimum atomic E-state index is 0.236. The Balaban J connectivity index is 2.01. The summed E-state index contributed by atoms with van der Waals surface area (Å²) >= 11 is 3.30. The van der Waals surface area contributed by atoms with E-state index in [9.17, 15) is 5.11 Å². The van der Waals surface area contributed by atoms with E-state index < -0.39 is 0 Å². The molecule has 1 aliphatic carbocycles. The van der Waals surface area contributed by atoms with Crippen molar-refractivity contribution in [3.63, 3.8) is 0 Å². The quantitative estimate of drug-likeness (QED) is 0.884. The van der Waals surface area contributed by atoms with E-state index in [-0.39, 0.29) is 5.75 Å². The van der Waals surface area contributed by atoms with Gasteiger partial charge >= 0.3 is 0 Å². The molecule has 0 spiro atoms. The number of aromatic hydroxyl groups is 1. The molecule has 70 valence electrons. The fraction of sp³-hybridized carbons (Fsp3) is 0.400. The second-order valence-corrected chi connectivity index (χ2v) is 4.32. The fourth-order valence-corrected chi connectivity index (χ4v) is 1.59. The molecule has 2 nitrogen and oxygen atoms in total. The molecular formula is C10H11BrO2. The first-order valence-electron chi connectivity index (χ1n) is 4.36. The van der Waals surface area contributed by atoms with E-state index in [2.05, 4.69) is 15.9 Å². The van der Waals surface area contributed by atoms with Crippen LogP contribution in [0, 0.1) is 5.92 Å². The SMILES string of the molecule is Oc1cc(Br)cc(OCC2CC2)c1. The van der Waals surface area contributed by atoms with Gasteiger partial charge in [-0.25, -0.2) is 0 Å². The monoisotopic (exact) mass is 242 g/mol. The van der Waals surface area contributed by atoms with Crippen molar-refractivity contribution in [1.29, 1.82) is 0 Å². The Morgan fingerprint density at radius 2 is 2.15 bits per heavy atom. The van der Waals surface area contributed by atoms with E-state index in [4.69, 9.17) is 4.74 Å².